The number of ether oxygens (including phenoxy) is 3. The van der Waals surface area contributed by atoms with Crippen molar-refractivity contribution in [2.75, 3.05) is 20.8 Å². The molecule has 2 rings (SSSR count). The maximum Gasteiger partial charge on any atom is 0.271 e. The molecule has 0 aliphatic heterocycles. The fourth-order valence-electron chi connectivity index (χ4n) is 2.03. The normalized spacial score (nSPS) is 10.3. The van der Waals surface area contributed by atoms with Crippen molar-refractivity contribution in [3.8, 4) is 17.2 Å². The summed E-state index contributed by atoms with van der Waals surface area (Å²) in [5.41, 5.74) is 3.69. The molecule has 0 bridgehead atoms. The van der Waals surface area contributed by atoms with Gasteiger partial charge in [-0.2, -0.15) is 5.10 Å². The van der Waals surface area contributed by atoms with E-state index in [1.807, 2.05) is 24.3 Å². The first-order valence-corrected chi connectivity index (χ1v) is 7.57. The van der Waals surface area contributed by atoms with E-state index in [2.05, 4.69) is 17.1 Å². The summed E-state index contributed by atoms with van der Waals surface area (Å²) in [4.78, 5) is 12.2. The van der Waals surface area contributed by atoms with Crippen molar-refractivity contribution in [3.05, 3.63) is 66.2 Å². The summed E-state index contributed by atoms with van der Waals surface area (Å²) >= 11 is 0. The lowest BCUT2D eigenvalue weighted by atomic mass is 10.2. The minimum Gasteiger partial charge on any atom is -0.497 e. The van der Waals surface area contributed by atoms with Crippen LogP contribution in [0.2, 0.25) is 0 Å². The third-order valence-electron chi connectivity index (χ3n) is 3.26. The molecule has 6 heteroatoms. The predicted molar refractivity (Wildman–Crippen MR) is 96.7 cm³/mol. The Morgan fingerprint density at radius 2 is 2.00 bits per heavy atom. The van der Waals surface area contributed by atoms with Gasteiger partial charge in [0.05, 0.1) is 20.4 Å². The lowest BCUT2D eigenvalue weighted by Gasteiger charge is -2.10. The van der Waals surface area contributed by atoms with E-state index >= 15 is 0 Å². The standard InChI is InChI=1S/C19H20N2O4/c1-4-10-25-17-9-8-15(12-18(17)24-3)19(22)21-20-13-14-6-5-7-16(11-14)23-2/h4-9,11-13H,1,10H2,2-3H3,(H,21,22)/b20-13+. The highest BCUT2D eigenvalue weighted by Crippen LogP contribution is 2.28. The van der Waals surface area contributed by atoms with E-state index in [1.165, 1.54) is 7.11 Å². The largest absolute Gasteiger partial charge is 0.497 e. The first-order valence-electron chi connectivity index (χ1n) is 7.57. The zero-order chi connectivity index (χ0) is 18.1. The molecule has 0 unspecified atom stereocenters. The van der Waals surface area contributed by atoms with Gasteiger partial charge in [-0.05, 0) is 35.9 Å². The molecule has 2 aromatic carbocycles. The Bertz CT molecular complexity index is 772. The van der Waals surface area contributed by atoms with E-state index < -0.39 is 0 Å². The van der Waals surface area contributed by atoms with Gasteiger partial charge in [0.25, 0.3) is 5.91 Å². The quantitative estimate of drug-likeness (QED) is 0.456. The maximum absolute atomic E-state index is 12.2. The molecule has 25 heavy (non-hydrogen) atoms. The van der Waals surface area contributed by atoms with Crippen molar-refractivity contribution < 1.29 is 19.0 Å². The average Bonchev–Trinajstić information content (AvgIpc) is 2.66. The summed E-state index contributed by atoms with van der Waals surface area (Å²) in [6.07, 6.45) is 3.17. The molecule has 0 heterocycles. The number of carbonyl (C=O) groups is 1. The van der Waals surface area contributed by atoms with E-state index in [0.29, 0.717) is 23.7 Å². The number of carbonyl (C=O) groups excluding carboxylic acids is 1. The number of benzene rings is 2. The van der Waals surface area contributed by atoms with Gasteiger partial charge in [0, 0.05) is 5.56 Å². The highest BCUT2D eigenvalue weighted by molar-refractivity contribution is 5.95. The van der Waals surface area contributed by atoms with Crippen LogP contribution in [0.4, 0.5) is 0 Å². The summed E-state index contributed by atoms with van der Waals surface area (Å²) < 4.78 is 15.8. The number of rotatable bonds is 8. The van der Waals surface area contributed by atoms with Gasteiger partial charge in [0.1, 0.15) is 12.4 Å². The number of hydrogen-bond acceptors (Lipinski definition) is 5. The Kier molecular flexibility index (Phi) is 6.59. The first-order chi connectivity index (χ1) is 12.2. The number of nitrogens with one attached hydrogen (secondary N) is 1. The molecule has 0 aliphatic rings. The van der Waals surface area contributed by atoms with Crippen LogP contribution in [0.3, 0.4) is 0 Å². The average molecular weight is 340 g/mol. The zero-order valence-corrected chi connectivity index (χ0v) is 14.2. The van der Waals surface area contributed by atoms with Crippen molar-refractivity contribution in [1.82, 2.24) is 5.43 Å². The van der Waals surface area contributed by atoms with Gasteiger partial charge in [0.15, 0.2) is 11.5 Å². The predicted octanol–water partition coefficient (Wildman–Crippen LogP) is 3.03. The van der Waals surface area contributed by atoms with Crippen molar-refractivity contribution >= 4 is 12.1 Å². The fraction of sp³-hybridized carbons (Fsp3) is 0.158. The third kappa shape index (κ3) is 5.10. The molecule has 0 radical (unpaired) electrons. The Labute approximate surface area is 146 Å². The molecule has 0 atom stereocenters. The molecule has 0 saturated carbocycles. The van der Waals surface area contributed by atoms with Crippen molar-refractivity contribution in [2.45, 2.75) is 0 Å². The Balaban J connectivity index is 2.04. The summed E-state index contributed by atoms with van der Waals surface area (Å²) in [6, 6.07) is 12.2. The summed E-state index contributed by atoms with van der Waals surface area (Å²) in [5.74, 6) is 1.37. The fourth-order valence-corrected chi connectivity index (χ4v) is 2.03. The minimum atomic E-state index is -0.354. The van der Waals surface area contributed by atoms with Gasteiger partial charge < -0.3 is 14.2 Å². The van der Waals surface area contributed by atoms with Crippen LogP contribution in [0.1, 0.15) is 15.9 Å². The molecule has 1 amide bonds. The summed E-state index contributed by atoms with van der Waals surface area (Å²) in [5, 5.41) is 3.96. The molecule has 2 aromatic rings. The number of hydrogen-bond donors (Lipinski definition) is 1. The Morgan fingerprint density at radius 1 is 1.16 bits per heavy atom. The second-order valence-electron chi connectivity index (χ2n) is 4.94. The van der Waals surface area contributed by atoms with Crippen molar-refractivity contribution in [3.63, 3.8) is 0 Å². The van der Waals surface area contributed by atoms with Crippen LogP contribution in [0, 0.1) is 0 Å². The van der Waals surface area contributed by atoms with Gasteiger partial charge >= 0.3 is 0 Å². The third-order valence-corrected chi connectivity index (χ3v) is 3.26. The molecular weight excluding hydrogens is 320 g/mol. The molecule has 1 N–H and O–H groups in total. The van der Waals surface area contributed by atoms with Crippen LogP contribution < -0.4 is 19.6 Å². The lowest BCUT2D eigenvalue weighted by Crippen LogP contribution is -2.17. The SMILES string of the molecule is C=CCOc1ccc(C(=O)N/N=C/c2cccc(OC)c2)cc1OC. The van der Waals surface area contributed by atoms with E-state index in [-0.39, 0.29) is 5.91 Å². The minimum absolute atomic E-state index is 0.354. The summed E-state index contributed by atoms with van der Waals surface area (Å²) in [6.45, 7) is 3.95. The van der Waals surface area contributed by atoms with E-state index in [9.17, 15) is 4.79 Å². The van der Waals surface area contributed by atoms with E-state index in [1.54, 1.807) is 37.6 Å². The molecule has 0 spiro atoms. The molecular formula is C19H20N2O4. The number of hydrazone groups is 1. The van der Waals surface area contributed by atoms with Gasteiger partial charge in [-0.1, -0.05) is 24.8 Å². The number of amides is 1. The van der Waals surface area contributed by atoms with Crippen LogP contribution in [0.5, 0.6) is 17.2 Å². The number of methoxy groups -OCH3 is 2. The molecule has 6 nitrogen and oxygen atoms in total. The summed E-state index contributed by atoms with van der Waals surface area (Å²) in [7, 11) is 3.10. The van der Waals surface area contributed by atoms with Crippen LogP contribution in [0.25, 0.3) is 0 Å². The molecule has 130 valence electrons. The Hall–Kier alpha value is -3.28. The first kappa shape index (κ1) is 18.1. The van der Waals surface area contributed by atoms with Crippen LogP contribution >= 0.6 is 0 Å². The van der Waals surface area contributed by atoms with Crippen LogP contribution in [0.15, 0.2) is 60.2 Å². The van der Waals surface area contributed by atoms with Crippen LogP contribution in [-0.4, -0.2) is 32.9 Å². The lowest BCUT2D eigenvalue weighted by molar-refractivity contribution is 0.0954. The van der Waals surface area contributed by atoms with Gasteiger partial charge in [-0.15, -0.1) is 0 Å². The smallest absolute Gasteiger partial charge is 0.271 e. The van der Waals surface area contributed by atoms with E-state index in [4.69, 9.17) is 14.2 Å². The molecule has 0 aliphatic carbocycles. The zero-order valence-electron chi connectivity index (χ0n) is 14.2. The van der Waals surface area contributed by atoms with Crippen molar-refractivity contribution in [1.29, 1.82) is 0 Å². The van der Waals surface area contributed by atoms with Gasteiger partial charge in [-0.3, -0.25) is 4.79 Å². The van der Waals surface area contributed by atoms with Crippen LogP contribution in [-0.2, 0) is 0 Å². The number of nitrogens with zero attached hydrogens (tertiary/aromatic N) is 1. The van der Waals surface area contributed by atoms with Crippen molar-refractivity contribution in [2.24, 2.45) is 5.10 Å². The topological polar surface area (TPSA) is 69.2 Å². The highest BCUT2D eigenvalue weighted by atomic mass is 16.5. The monoisotopic (exact) mass is 340 g/mol. The van der Waals surface area contributed by atoms with Gasteiger partial charge in [-0.25, -0.2) is 5.43 Å². The highest BCUT2D eigenvalue weighted by Gasteiger charge is 2.10. The molecule has 0 fully saturated rings. The van der Waals surface area contributed by atoms with Gasteiger partial charge in [0.2, 0.25) is 0 Å². The second-order valence-corrected chi connectivity index (χ2v) is 4.94. The molecule has 0 aromatic heterocycles. The van der Waals surface area contributed by atoms with E-state index in [0.717, 1.165) is 11.3 Å². The molecule has 0 saturated heterocycles. The Morgan fingerprint density at radius 3 is 2.72 bits per heavy atom. The second kappa shape index (κ2) is 9.12. The maximum atomic E-state index is 12.2.